The van der Waals surface area contributed by atoms with Crippen LogP contribution in [0.25, 0.3) is 87.2 Å². The molecule has 0 spiro atoms. The minimum Gasteiger partial charge on any atom is -0.353 e. The van der Waals surface area contributed by atoms with Crippen molar-refractivity contribution in [1.29, 1.82) is 0 Å². The molecule has 1 atom stereocenters. The monoisotopic (exact) mass is 1480 g/mol. The number of benzene rings is 10. The molecule has 1 aliphatic carbocycles. The molecule has 7 heteroatoms. The number of hydrogen-bond donors (Lipinski definition) is 0. The van der Waals surface area contributed by atoms with Crippen molar-refractivity contribution in [2.75, 3.05) is 11.5 Å². The predicted octanol–water partition coefficient (Wildman–Crippen LogP) is 27.6. The number of fused-ring (bicyclic) bond motifs is 9. The number of anilines is 3. The highest BCUT2D eigenvalue weighted by Gasteiger charge is 2.47. The summed E-state index contributed by atoms with van der Waals surface area (Å²) in [5, 5.41) is 9.12. The lowest BCUT2D eigenvalue weighted by Gasteiger charge is -2.33. The van der Waals surface area contributed by atoms with E-state index in [-0.39, 0.29) is 11.7 Å². The van der Waals surface area contributed by atoms with Crippen LogP contribution in [0.3, 0.4) is 0 Å². The van der Waals surface area contributed by atoms with Crippen molar-refractivity contribution in [2.45, 2.75) is 232 Å². The lowest BCUT2D eigenvalue weighted by Crippen LogP contribution is -2.59. The summed E-state index contributed by atoms with van der Waals surface area (Å²) in [5.41, 5.74) is 24.2. The van der Waals surface area contributed by atoms with Gasteiger partial charge in [-0.05, 0) is 224 Å². The molecule has 15 rings (SSSR count). The molecule has 0 radical (unpaired) electrons. The van der Waals surface area contributed by atoms with Gasteiger partial charge in [0.05, 0.1) is 6.61 Å². The van der Waals surface area contributed by atoms with Gasteiger partial charge in [-0.3, -0.25) is 0 Å². The Morgan fingerprint density at radius 2 is 0.917 bits per heavy atom. The second-order valence-corrected chi connectivity index (χ2v) is 42.2. The quantitative estimate of drug-likeness (QED) is 0.0293. The average molecular weight is 1480 g/mol. The third-order valence-electron chi connectivity index (χ3n) is 25.2. The molecule has 1 saturated heterocycles. The van der Waals surface area contributed by atoms with Gasteiger partial charge in [0.15, 0.2) is 6.29 Å². The summed E-state index contributed by atoms with van der Waals surface area (Å²) < 4.78 is 15.1. The Kier molecular flexibility index (Phi) is 24.0. The van der Waals surface area contributed by atoms with Crippen LogP contribution in [0.5, 0.6) is 0 Å². The van der Waals surface area contributed by atoms with E-state index in [0.29, 0.717) is 6.61 Å². The van der Waals surface area contributed by atoms with E-state index in [1.54, 1.807) is 26.7 Å². The van der Waals surface area contributed by atoms with Crippen LogP contribution in [0.15, 0.2) is 231 Å². The van der Waals surface area contributed by atoms with Crippen LogP contribution < -0.4 is 25.6 Å². The Hall–Kier alpha value is -8.15. The lowest BCUT2D eigenvalue weighted by atomic mass is 9.70. The van der Waals surface area contributed by atoms with Crippen molar-refractivity contribution >= 4 is 87.1 Å². The second-order valence-electron chi connectivity index (χ2n) is 32.5. The molecule has 2 aromatic heterocycles. The first-order valence-electron chi connectivity index (χ1n) is 42.2. The zero-order chi connectivity index (χ0) is 74.0. The van der Waals surface area contributed by atoms with Crippen molar-refractivity contribution in [2.24, 2.45) is 0 Å². The first kappa shape index (κ1) is 75.3. The SMILES string of the molecule is CCCCCCCCC1(CCCCCCCC)c2cc(-c3ccc(N(c4ccccc4)c4ccccc4)cc3)ccc2-c2ccc(-c3ccc4c(c3)c3cc(-c5ccc(-c6ccc7c(c6)[Si](CCCCC)(CCCCC)c6cc([Si](C)(C)c8ccccc8COC8CCCCO8)ccc6-7)s5)ccc3n4CC)cc21. The fraction of sp³-hybridized carbons (Fsp3) is 0.366. The number of ether oxygens (including phenoxy) is 2. The maximum Gasteiger partial charge on any atom is 0.158 e. The Bertz CT molecular complexity index is 4960. The minimum absolute atomic E-state index is 0.0864. The van der Waals surface area contributed by atoms with Gasteiger partial charge in [0.25, 0.3) is 0 Å². The molecular weight excluding hydrogens is 1360 g/mol. The molecule has 4 nitrogen and oxygen atoms in total. The Labute approximate surface area is 653 Å². The summed E-state index contributed by atoms with van der Waals surface area (Å²) in [7, 11) is -4.40. The summed E-state index contributed by atoms with van der Waals surface area (Å²) in [6, 6.07) is 93.2. The van der Waals surface area contributed by atoms with Gasteiger partial charge in [-0.2, -0.15) is 0 Å². The van der Waals surface area contributed by atoms with E-state index in [0.717, 1.165) is 43.1 Å². The molecule has 0 N–H and O–H groups in total. The highest BCUT2D eigenvalue weighted by molar-refractivity contribution is 7.19. The average Bonchev–Trinajstić information content (AvgIpc) is 1.58. The third kappa shape index (κ3) is 15.3. The number of rotatable bonds is 35. The molecule has 12 aromatic rings. The molecule has 1 unspecified atom stereocenters. The Morgan fingerprint density at radius 3 is 1.51 bits per heavy atom. The first-order chi connectivity index (χ1) is 53.1. The van der Waals surface area contributed by atoms with Crippen molar-refractivity contribution in [3.8, 4) is 65.4 Å². The van der Waals surface area contributed by atoms with E-state index in [4.69, 9.17) is 9.47 Å². The topological polar surface area (TPSA) is 26.6 Å². The second kappa shape index (κ2) is 34.4. The standard InChI is InChI=1S/C101H116N2O2SSi2/c1-8-13-17-19-21-32-62-101(63-33-22-20-18-14-9-2)91-69-76(74-44-51-83(52-45-74)103(81-38-25-23-26-39-81)82-40-27-24-28-41-82)46-54-85(91)86-55-47-77(70-92(86)101)75-49-58-93-89(67-75)90-68-78(50-59-94(90)102(93)12-5)95-60-61-96(106-95)79-48-56-87-88-57-53-84(72-99(88)108(98(87)71-79,65-35-15-10-3)66-36-16-11-4)107(6,7)97-42-30-29-37-80(97)73-105-100-43-31-34-64-104-100/h23-30,37-42,44-61,67-72,100H,8-22,31-36,43,62-66,73H2,1-7H3. The van der Waals surface area contributed by atoms with Gasteiger partial charge < -0.3 is 18.9 Å². The molecule has 1 fully saturated rings. The van der Waals surface area contributed by atoms with E-state index in [9.17, 15) is 0 Å². The van der Waals surface area contributed by atoms with Crippen LogP contribution in [-0.2, 0) is 28.0 Å². The minimum atomic E-state index is -2.22. The van der Waals surface area contributed by atoms with Gasteiger partial charge in [-0.15, -0.1) is 11.3 Å². The van der Waals surface area contributed by atoms with E-state index >= 15 is 0 Å². The smallest absolute Gasteiger partial charge is 0.158 e. The molecule has 108 heavy (non-hydrogen) atoms. The summed E-state index contributed by atoms with van der Waals surface area (Å²) in [5.74, 6) is 0. The number of aryl methyl sites for hydroxylation is 1. The number of unbranched alkanes of at least 4 members (excludes halogenated alkanes) is 14. The molecule has 2 aliphatic heterocycles. The summed E-state index contributed by atoms with van der Waals surface area (Å²) in [6.07, 6.45) is 28.7. The van der Waals surface area contributed by atoms with Crippen LogP contribution in [0, 0.1) is 0 Å². The van der Waals surface area contributed by atoms with E-state index in [2.05, 4.69) is 288 Å². The number of para-hydroxylation sites is 2. The number of aromatic nitrogens is 1. The highest BCUT2D eigenvalue weighted by atomic mass is 32.1. The van der Waals surface area contributed by atoms with Crippen molar-refractivity contribution in [3.05, 3.63) is 247 Å². The summed E-state index contributed by atoms with van der Waals surface area (Å²) >= 11 is 1.98. The van der Waals surface area contributed by atoms with Gasteiger partial charge in [0.1, 0.15) is 16.1 Å². The maximum absolute atomic E-state index is 6.52. The number of nitrogens with zero attached hydrogens (tertiary/aromatic N) is 2. The maximum atomic E-state index is 6.52. The van der Waals surface area contributed by atoms with E-state index in [1.165, 1.54) is 245 Å². The Morgan fingerprint density at radius 1 is 0.444 bits per heavy atom. The molecule has 0 amide bonds. The number of hydrogen-bond acceptors (Lipinski definition) is 4. The van der Waals surface area contributed by atoms with Crippen LogP contribution >= 0.6 is 11.3 Å². The van der Waals surface area contributed by atoms with Crippen LogP contribution in [0.2, 0.25) is 25.2 Å². The predicted molar refractivity (Wildman–Crippen MR) is 472 cm³/mol. The molecule has 3 aliphatic rings. The zero-order valence-corrected chi connectivity index (χ0v) is 68.8. The molecule has 0 bridgehead atoms. The molecule has 556 valence electrons. The third-order valence-corrected chi connectivity index (χ3v) is 35.3. The lowest BCUT2D eigenvalue weighted by molar-refractivity contribution is -0.168. The zero-order valence-electron chi connectivity index (χ0n) is 65.9. The Balaban J connectivity index is 0.761. The van der Waals surface area contributed by atoms with Crippen LogP contribution in [-0.4, -0.2) is 33.6 Å². The van der Waals surface area contributed by atoms with Gasteiger partial charge >= 0.3 is 0 Å². The fourth-order valence-corrected chi connectivity index (χ4v) is 28.8. The summed E-state index contributed by atoms with van der Waals surface area (Å²) in [4.78, 5) is 5.06. The first-order valence-corrected chi connectivity index (χ1v) is 48.4. The van der Waals surface area contributed by atoms with E-state index < -0.39 is 16.1 Å². The van der Waals surface area contributed by atoms with Crippen molar-refractivity contribution in [3.63, 3.8) is 0 Å². The highest BCUT2D eigenvalue weighted by Crippen LogP contribution is 2.56. The van der Waals surface area contributed by atoms with Crippen LogP contribution in [0.4, 0.5) is 17.1 Å². The largest absolute Gasteiger partial charge is 0.353 e. The van der Waals surface area contributed by atoms with Gasteiger partial charge in [-0.1, -0.05) is 307 Å². The van der Waals surface area contributed by atoms with E-state index in [1.807, 2.05) is 11.3 Å². The van der Waals surface area contributed by atoms with Crippen molar-refractivity contribution in [1.82, 2.24) is 4.57 Å². The van der Waals surface area contributed by atoms with Crippen LogP contribution in [0.1, 0.15) is 199 Å². The van der Waals surface area contributed by atoms with Crippen molar-refractivity contribution < 1.29 is 9.47 Å². The normalized spacial score (nSPS) is 14.9. The molecule has 0 saturated carbocycles. The van der Waals surface area contributed by atoms with Gasteiger partial charge in [-0.25, -0.2) is 0 Å². The molecule has 4 heterocycles. The number of thiophene rings is 1. The van der Waals surface area contributed by atoms with Gasteiger partial charge in [0, 0.05) is 67.2 Å². The molecular formula is C101H116N2O2SSi2. The molecule has 10 aromatic carbocycles. The fourth-order valence-electron chi connectivity index (χ4n) is 19.3. The summed E-state index contributed by atoms with van der Waals surface area (Å²) in [6.45, 7) is 19.2. The van der Waals surface area contributed by atoms with Gasteiger partial charge in [0.2, 0.25) is 0 Å².